The van der Waals surface area contributed by atoms with Crippen LogP contribution in [0.15, 0.2) is 59.2 Å². The molecule has 0 radical (unpaired) electrons. The summed E-state index contributed by atoms with van der Waals surface area (Å²) in [5.41, 5.74) is 0.894. The van der Waals surface area contributed by atoms with Gasteiger partial charge in [0.05, 0.1) is 18.5 Å². The summed E-state index contributed by atoms with van der Waals surface area (Å²) < 4.78 is 21.0. The second-order valence-electron chi connectivity index (χ2n) is 10.3. The average Bonchev–Trinajstić information content (AvgIpc) is 3.51. The molecule has 1 aromatic carbocycles. The number of nitrogens with one attached hydrogen (secondary N) is 1. The van der Waals surface area contributed by atoms with Crippen LogP contribution in [0.4, 0.5) is 4.39 Å². The number of nitrogens with zero attached hydrogens (tertiary/aromatic N) is 2. The van der Waals surface area contributed by atoms with Crippen molar-refractivity contribution in [2.75, 3.05) is 0 Å². The lowest BCUT2D eigenvalue weighted by atomic mass is 9.77. The summed E-state index contributed by atoms with van der Waals surface area (Å²) in [6, 6.07) is 13.4. The molecular formula is C28H32FN3O3. The first kappa shape index (κ1) is 23.4. The van der Waals surface area contributed by atoms with E-state index < -0.39 is 5.54 Å². The van der Waals surface area contributed by atoms with Crippen molar-refractivity contribution in [1.29, 1.82) is 0 Å². The molecule has 4 atom stereocenters. The number of aromatic nitrogens is 1. The Kier molecular flexibility index (Phi) is 6.03. The minimum Gasteiger partial charge on any atom is -0.463 e. The van der Waals surface area contributed by atoms with Gasteiger partial charge in [-0.25, -0.2) is 4.39 Å². The van der Waals surface area contributed by atoms with Crippen LogP contribution in [0.25, 0.3) is 11.5 Å². The average molecular weight is 478 g/mol. The molecular weight excluding hydrogens is 445 g/mol. The molecule has 0 saturated heterocycles. The monoisotopic (exact) mass is 477 g/mol. The smallest absolute Gasteiger partial charge is 0.271 e. The Balaban J connectivity index is 1.52. The Morgan fingerprint density at radius 1 is 1.11 bits per heavy atom. The van der Waals surface area contributed by atoms with Crippen molar-refractivity contribution in [3.8, 4) is 11.5 Å². The highest BCUT2D eigenvalue weighted by Gasteiger charge is 2.48. The van der Waals surface area contributed by atoms with E-state index in [9.17, 15) is 14.0 Å². The largest absolute Gasteiger partial charge is 0.463 e. The predicted octanol–water partition coefficient (Wildman–Crippen LogP) is 5.24. The van der Waals surface area contributed by atoms with Crippen molar-refractivity contribution in [3.05, 3.63) is 71.9 Å². The SMILES string of the molecule is C[C@H]1[C@H](C)CCC[C@@H]1NC(=O)[C@@]1(C)Cn2c(ccc2-c2ccco2)C(=O)N1Cc1ccc(F)cc1. The van der Waals surface area contributed by atoms with E-state index in [2.05, 4.69) is 19.2 Å². The second kappa shape index (κ2) is 9.02. The first-order valence-electron chi connectivity index (χ1n) is 12.4. The third kappa shape index (κ3) is 4.17. The van der Waals surface area contributed by atoms with E-state index in [0.29, 0.717) is 29.8 Å². The van der Waals surface area contributed by atoms with Crippen molar-refractivity contribution in [3.63, 3.8) is 0 Å². The molecule has 5 rings (SSSR count). The van der Waals surface area contributed by atoms with Gasteiger partial charge in [0, 0.05) is 12.6 Å². The van der Waals surface area contributed by atoms with Crippen LogP contribution in [0.5, 0.6) is 0 Å². The highest BCUT2D eigenvalue weighted by Crippen LogP contribution is 2.35. The molecule has 35 heavy (non-hydrogen) atoms. The standard InChI is InChI=1S/C28H32FN3O3/c1-18-6-4-7-22(19(18)2)30-27(34)28(3)17-31-23(25-8-5-15-35-25)13-14-24(31)26(33)32(28)16-20-9-11-21(29)12-10-20/h5,8-15,18-19,22H,4,6-7,16-17H2,1-3H3,(H,30,34)/t18-,19+,22+,28-/m1/s1. The van der Waals surface area contributed by atoms with Crippen LogP contribution in [0.3, 0.4) is 0 Å². The maximum absolute atomic E-state index is 14.0. The van der Waals surface area contributed by atoms with Crippen LogP contribution in [0, 0.1) is 17.7 Å². The zero-order valence-corrected chi connectivity index (χ0v) is 20.5. The maximum Gasteiger partial charge on any atom is 0.271 e. The molecule has 6 nitrogen and oxygen atoms in total. The van der Waals surface area contributed by atoms with Crippen molar-refractivity contribution in [2.24, 2.45) is 11.8 Å². The molecule has 1 N–H and O–H groups in total. The third-order valence-electron chi connectivity index (χ3n) is 8.05. The molecule has 2 aromatic heterocycles. The summed E-state index contributed by atoms with van der Waals surface area (Å²) in [6.45, 7) is 6.76. The van der Waals surface area contributed by atoms with Crippen LogP contribution >= 0.6 is 0 Å². The molecule has 1 aliphatic carbocycles. The van der Waals surface area contributed by atoms with Crippen LogP contribution in [0.2, 0.25) is 0 Å². The summed E-state index contributed by atoms with van der Waals surface area (Å²) in [5, 5.41) is 3.30. The second-order valence-corrected chi connectivity index (χ2v) is 10.3. The number of hydrogen-bond acceptors (Lipinski definition) is 3. The number of carbonyl (C=O) groups excluding carboxylic acids is 2. The third-order valence-corrected chi connectivity index (χ3v) is 8.05. The molecule has 2 amide bonds. The van der Waals surface area contributed by atoms with Gasteiger partial charge >= 0.3 is 0 Å². The summed E-state index contributed by atoms with van der Waals surface area (Å²) >= 11 is 0. The van der Waals surface area contributed by atoms with Crippen LogP contribution < -0.4 is 5.32 Å². The molecule has 1 aliphatic heterocycles. The van der Waals surface area contributed by atoms with Crippen LogP contribution in [-0.2, 0) is 17.9 Å². The van der Waals surface area contributed by atoms with Gasteiger partial charge in [0.15, 0.2) is 0 Å². The van der Waals surface area contributed by atoms with Gasteiger partial charge in [0.1, 0.15) is 22.8 Å². The Morgan fingerprint density at radius 3 is 2.57 bits per heavy atom. The fraction of sp³-hybridized carbons (Fsp3) is 0.429. The van der Waals surface area contributed by atoms with E-state index in [1.807, 2.05) is 23.6 Å². The number of halogens is 1. The minimum atomic E-state index is -1.14. The molecule has 3 heterocycles. The van der Waals surface area contributed by atoms with Crippen LogP contribution in [-0.4, -0.2) is 32.9 Å². The van der Waals surface area contributed by atoms with Gasteiger partial charge in [0.25, 0.3) is 5.91 Å². The van der Waals surface area contributed by atoms with E-state index in [1.165, 1.54) is 18.6 Å². The topological polar surface area (TPSA) is 67.5 Å². The molecule has 0 bridgehead atoms. The van der Waals surface area contributed by atoms with Crippen molar-refractivity contribution in [1.82, 2.24) is 14.8 Å². The predicted molar refractivity (Wildman–Crippen MR) is 131 cm³/mol. The summed E-state index contributed by atoms with van der Waals surface area (Å²) in [5.74, 6) is 0.809. The highest BCUT2D eigenvalue weighted by molar-refractivity contribution is 6.00. The van der Waals surface area contributed by atoms with Gasteiger partial charge in [-0.1, -0.05) is 38.8 Å². The molecule has 1 fully saturated rings. The lowest BCUT2D eigenvalue weighted by molar-refractivity contribution is -0.134. The van der Waals surface area contributed by atoms with E-state index in [4.69, 9.17) is 4.42 Å². The Bertz CT molecular complexity index is 1220. The maximum atomic E-state index is 14.0. The van der Waals surface area contributed by atoms with Crippen molar-refractivity contribution < 1.29 is 18.4 Å². The molecule has 0 spiro atoms. The Morgan fingerprint density at radius 2 is 1.86 bits per heavy atom. The van der Waals surface area contributed by atoms with Crippen LogP contribution in [0.1, 0.15) is 56.1 Å². The number of benzene rings is 1. The highest BCUT2D eigenvalue weighted by atomic mass is 19.1. The molecule has 2 aliphatic rings. The van der Waals surface area contributed by atoms with E-state index in [0.717, 1.165) is 24.1 Å². The summed E-state index contributed by atoms with van der Waals surface area (Å²) in [4.78, 5) is 29.4. The fourth-order valence-corrected chi connectivity index (χ4v) is 5.54. The van der Waals surface area contributed by atoms with Crippen molar-refractivity contribution in [2.45, 2.75) is 64.7 Å². The van der Waals surface area contributed by atoms with Gasteiger partial charge in [-0.2, -0.15) is 0 Å². The molecule has 0 unspecified atom stereocenters. The molecule has 3 aromatic rings. The van der Waals surface area contributed by atoms with Gasteiger partial charge < -0.3 is 19.2 Å². The van der Waals surface area contributed by atoms with Gasteiger partial charge in [0.2, 0.25) is 5.91 Å². The van der Waals surface area contributed by atoms with E-state index in [1.54, 1.807) is 35.4 Å². The zero-order valence-electron chi connectivity index (χ0n) is 20.5. The number of carbonyl (C=O) groups is 2. The first-order chi connectivity index (χ1) is 16.8. The molecule has 184 valence electrons. The zero-order chi connectivity index (χ0) is 24.7. The normalized spacial score (nSPS) is 26.5. The Labute approximate surface area is 205 Å². The number of hydrogen-bond donors (Lipinski definition) is 1. The molecule has 1 saturated carbocycles. The van der Waals surface area contributed by atoms with Crippen molar-refractivity contribution >= 4 is 11.8 Å². The van der Waals surface area contributed by atoms with Gasteiger partial charge in [-0.15, -0.1) is 0 Å². The number of rotatable bonds is 5. The summed E-state index contributed by atoms with van der Waals surface area (Å²) in [6.07, 6.45) is 4.78. The fourth-order valence-electron chi connectivity index (χ4n) is 5.54. The van der Waals surface area contributed by atoms with E-state index in [-0.39, 0.29) is 30.2 Å². The lowest BCUT2D eigenvalue weighted by Gasteiger charge is -2.46. The summed E-state index contributed by atoms with van der Waals surface area (Å²) in [7, 11) is 0. The van der Waals surface area contributed by atoms with Gasteiger partial charge in [-0.3, -0.25) is 9.59 Å². The quantitative estimate of drug-likeness (QED) is 0.546. The number of amides is 2. The molecule has 7 heteroatoms. The Hall–Kier alpha value is -3.35. The lowest BCUT2D eigenvalue weighted by Crippen LogP contribution is -2.65. The van der Waals surface area contributed by atoms with Gasteiger partial charge in [-0.05, 0) is 67.1 Å². The van der Waals surface area contributed by atoms with E-state index >= 15 is 0 Å². The number of furan rings is 1. The number of fused-ring (bicyclic) bond motifs is 1. The minimum absolute atomic E-state index is 0.0708. The first-order valence-corrected chi connectivity index (χ1v) is 12.4.